The van der Waals surface area contributed by atoms with Gasteiger partial charge >= 0.3 is 0 Å². The first kappa shape index (κ1) is 16.0. The molecule has 0 bridgehead atoms. The number of anilines is 1. The molecule has 1 amide bonds. The largest absolute Gasteiger partial charge is 0.326 e. The summed E-state index contributed by atoms with van der Waals surface area (Å²) in [6.07, 6.45) is 0.422. The molecule has 21 heavy (non-hydrogen) atoms. The molecular formula is C15H22N2O3S. The molecule has 2 rings (SSSR count). The quantitative estimate of drug-likeness (QED) is 0.909. The van der Waals surface area contributed by atoms with E-state index in [1.165, 1.54) is 0 Å². The summed E-state index contributed by atoms with van der Waals surface area (Å²) in [5.41, 5.74) is 7.36. The lowest BCUT2D eigenvalue weighted by molar-refractivity contribution is -0.122. The fraction of sp³-hybridized carbons (Fsp3) is 0.533. The first-order chi connectivity index (χ1) is 9.84. The van der Waals surface area contributed by atoms with Gasteiger partial charge in [-0.1, -0.05) is 12.1 Å². The van der Waals surface area contributed by atoms with Crippen LogP contribution in [0.4, 0.5) is 5.69 Å². The maximum atomic E-state index is 12.7. The van der Waals surface area contributed by atoms with Gasteiger partial charge < -0.3 is 10.6 Å². The van der Waals surface area contributed by atoms with Crippen LogP contribution < -0.4 is 10.6 Å². The second-order valence-corrected chi connectivity index (χ2v) is 8.00. The van der Waals surface area contributed by atoms with Crippen LogP contribution in [0.15, 0.2) is 24.3 Å². The van der Waals surface area contributed by atoms with Crippen molar-refractivity contribution in [1.82, 2.24) is 0 Å². The van der Waals surface area contributed by atoms with E-state index in [0.29, 0.717) is 13.0 Å². The van der Waals surface area contributed by atoms with Gasteiger partial charge in [0.05, 0.1) is 17.4 Å². The van der Waals surface area contributed by atoms with Crippen molar-refractivity contribution in [2.45, 2.75) is 32.9 Å². The number of hydrogen-bond acceptors (Lipinski definition) is 4. The van der Waals surface area contributed by atoms with Gasteiger partial charge in [0, 0.05) is 18.3 Å². The average molecular weight is 310 g/mol. The van der Waals surface area contributed by atoms with E-state index in [4.69, 9.17) is 5.73 Å². The van der Waals surface area contributed by atoms with E-state index in [0.717, 1.165) is 11.3 Å². The van der Waals surface area contributed by atoms with Crippen LogP contribution in [-0.2, 0) is 21.2 Å². The molecule has 1 unspecified atom stereocenters. The lowest BCUT2D eigenvalue weighted by Gasteiger charge is -2.29. The Morgan fingerprint density at radius 3 is 2.38 bits per heavy atom. The van der Waals surface area contributed by atoms with Gasteiger partial charge in [-0.3, -0.25) is 4.79 Å². The molecule has 6 heteroatoms. The molecule has 1 heterocycles. The summed E-state index contributed by atoms with van der Waals surface area (Å²) in [7, 11) is -3.06. The molecule has 0 spiro atoms. The van der Waals surface area contributed by atoms with E-state index in [1.54, 1.807) is 4.90 Å². The molecule has 2 N–H and O–H groups in total. The van der Waals surface area contributed by atoms with Crippen molar-refractivity contribution in [2.24, 2.45) is 11.7 Å². The van der Waals surface area contributed by atoms with E-state index >= 15 is 0 Å². The van der Waals surface area contributed by atoms with E-state index in [1.807, 2.05) is 38.1 Å². The van der Waals surface area contributed by atoms with Crippen LogP contribution >= 0.6 is 0 Å². The van der Waals surface area contributed by atoms with Gasteiger partial charge in [-0.25, -0.2) is 8.42 Å². The molecule has 116 valence electrons. The van der Waals surface area contributed by atoms with E-state index in [-0.39, 0.29) is 23.5 Å². The summed E-state index contributed by atoms with van der Waals surface area (Å²) in [6, 6.07) is 7.49. The lowest BCUT2D eigenvalue weighted by Crippen LogP contribution is -2.41. The minimum Gasteiger partial charge on any atom is -0.326 e. The summed E-state index contributed by atoms with van der Waals surface area (Å²) >= 11 is 0. The fourth-order valence-corrected chi connectivity index (χ4v) is 4.39. The third kappa shape index (κ3) is 3.63. The highest BCUT2D eigenvalue weighted by Crippen LogP contribution is 2.26. The summed E-state index contributed by atoms with van der Waals surface area (Å²) in [6.45, 7) is 4.31. The van der Waals surface area contributed by atoms with Crippen molar-refractivity contribution < 1.29 is 13.2 Å². The molecule has 1 aliphatic rings. The fourth-order valence-electron chi connectivity index (χ4n) is 2.66. The maximum absolute atomic E-state index is 12.7. The number of nitrogens with two attached hydrogens (primary N) is 1. The topological polar surface area (TPSA) is 80.5 Å². The van der Waals surface area contributed by atoms with Crippen molar-refractivity contribution in [1.29, 1.82) is 0 Å². The number of sulfone groups is 1. The second-order valence-electron chi connectivity index (χ2n) is 5.77. The van der Waals surface area contributed by atoms with Gasteiger partial charge in [0.1, 0.15) is 0 Å². The summed E-state index contributed by atoms with van der Waals surface area (Å²) in [5.74, 6) is -0.449. The van der Waals surface area contributed by atoms with Crippen LogP contribution in [0.2, 0.25) is 0 Å². The number of hydrogen-bond donors (Lipinski definition) is 1. The zero-order valence-electron chi connectivity index (χ0n) is 12.5. The highest BCUT2D eigenvalue weighted by molar-refractivity contribution is 7.91. The number of nitrogens with zero attached hydrogens (tertiary/aromatic N) is 1. The molecule has 1 aromatic carbocycles. The van der Waals surface area contributed by atoms with Gasteiger partial charge in [0.15, 0.2) is 9.84 Å². The zero-order chi connectivity index (χ0) is 15.6. The van der Waals surface area contributed by atoms with Crippen molar-refractivity contribution >= 4 is 21.4 Å². The van der Waals surface area contributed by atoms with Gasteiger partial charge in [0.25, 0.3) is 0 Å². The molecule has 5 nitrogen and oxygen atoms in total. The molecule has 1 aliphatic heterocycles. The van der Waals surface area contributed by atoms with Gasteiger partial charge in [-0.05, 0) is 38.0 Å². The third-order valence-electron chi connectivity index (χ3n) is 3.79. The molecular weight excluding hydrogens is 288 g/mol. The van der Waals surface area contributed by atoms with Gasteiger partial charge in [-0.15, -0.1) is 0 Å². The smallest absolute Gasteiger partial charge is 0.231 e. The number of amides is 1. The molecule has 1 saturated heterocycles. The highest BCUT2D eigenvalue weighted by atomic mass is 32.2. The Balaban J connectivity index is 2.24. The van der Waals surface area contributed by atoms with Gasteiger partial charge in [-0.2, -0.15) is 0 Å². The Morgan fingerprint density at radius 2 is 1.95 bits per heavy atom. The number of carbonyl (C=O) groups is 1. The molecule has 1 aromatic rings. The van der Waals surface area contributed by atoms with Gasteiger partial charge in [0.2, 0.25) is 5.91 Å². The van der Waals surface area contributed by atoms with E-state index in [2.05, 4.69) is 0 Å². The van der Waals surface area contributed by atoms with Crippen molar-refractivity contribution in [3.8, 4) is 0 Å². The molecule has 0 aliphatic carbocycles. The molecule has 1 fully saturated rings. The Hall–Kier alpha value is -1.40. The number of benzene rings is 1. The maximum Gasteiger partial charge on any atom is 0.231 e. The standard InChI is InChI=1S/C15H22N2O3S/c1-11(2)17(14-5-3-12(9-16)4-6-14)15(18)13-7-8-21(19,20)10-13/h3-6,11,13H,7-10,16H2,1-2H3. The van der Waals surface area contributed by atoms with Crippen molar-refractivity contribution in [3.05, 3.63) is 29.8 Å². The second kappa shape index (κ2) is 6.15. The highest BCUT2D eigenvalue weighted by Gasteiger charge is 2.36. The van der Waals surface area contributed by atoms with E-state index < -0.39 is 15.8 Å². The number of carbonyl (C=O) groups excluding carboxylic acids is 1. The predicted molar refractivity (Wildman–Crippen MR) is 83.7 cm³/mol. The predicted octanol–water partition coefficient (Wildman–Crippen LogP) is 1.32. The minimum atomic E-state index is -3.06. The lowest BCUT2D eigenvalue weighted by atomic mass is 10.1. The first-order valence-corrected chi connectivity index (χ1v) is 8.98. The van der Waals surface area contributed by atoms with Crippen molar-refractivity contribution in [2.75, 3.05) is 16.4 Å². The molecule has 0 radical (unpaired) electrons. The van der Waals surface area contributed by atoms with Crippen LogP contribution in [0.3, 0.4) is 0 Å². The SMILES string of the molecule is CC(C)N(C(=O)C1CCS(=O)(=O)C1)c1ccc(CN)cc1. The van der Waals surface area contributed by atoms with E-state index in [9.17, 15) is 13.2 Å². The van der Waals surface area contributed by atoms with Crippen LogP contribution in [0.5, 0.6) is 0 Å². The zero-order valence-corrected chi connectivity index (χ0v) is 13.3. The first-order valence-electron chi connectivity index (χ1n) is 7.16. The Labute approximate surface area is 126 Å². The summed E-state index contributed by atoms with van der Waals surface area (Å²) in [5, 5.41) is 0. The van der Waals surface area contributed by atoms with Crippen LogP contribution in [0, 0.1) is 5.92 Å². The third-order valence-corrected chi connectivity index (χ3v) is 5.55. The van der Waals surface area contributed by atoms with Crippen LogP contribution in [0.25, 0.3) is 0 Å². The summed E-state index contributed by atoms with van der Waals surface area (Å²) < 4.78 is 23.1. The molecule has 0 saturated carbocycles. The van der Waals surface area contributed by atoms with Crippen LogP contribution in [-0.4, -0.2) is 31.9 Å². The Kier molecular flexibility index (Phi) is 4.68. The Morgan fingerprint density at radius 1 is 1.33 bits per heavy atom. The van der Waals surface area contributed by atoms with Crippen LogP contribution in [0.1, 0.15) is 25.8 Å². The van der Waals surface area contributed by atoms with Crippen molar-refractivity contribution in [3.63, 3.8) is 0 Å². The Bertz CT molecular complexity index is 608. The monoisotopic (exact) mass is 310 g/mol. The number of rotatable bonds is 4. The minimum absolute atomic E-state index is 0.0236. The molecule has 1 atom stereocenters. The molecule has 0 aromatic heterocycles. The summed E-state index contributed by atoms with van der Waals surface area (Å²) in [4.78, 5) is 14.4. The normalized spacial score (nSPS) is 20.7. The average Bonchev–Trinajstić information content (AvgIpc) is 2.79.